The standard InChI is InChI=1S/C22H24N4O2S/c1-22(2,3)15-8-6-14(7-9-15)21(28)23-20-17-12-26(13-18(17)24-25-20)19(27)11-16-5-4-10-29-16/h4-10H,11-13H2,1-3H3,(H2,23,24,25,28). The molecule has 0 saturated carbocycles. The third-order valence-electron chi connectivity index (χ3n) is 5.15. The third kappa shape index (κ3) is 4.10. The van der Waals surface area contributed by atoms with Gasteiger partial charge in [-0.05, 0) is 34.6 Å². The lowest BCUT2D eigenvalue weighted by atomic mass is 9.87. The van der Waals surface area contributed by atoms with Crippen molar-refractivity contribution in [3.8, 4) is 0 Å². The Kier molecular flexibility index (Phi) is 5.00. The minimum Gasteiger partial charge on any atom is -0.332 e. The average molecular weight is 409 g/mol. The van der Waals surface area contributed by atoms with Crippen LogP contribution in [0.5, 0.6) is 0 Å². The minimum absolute atomic E-state index is 0.0388. The number of rotatable bonds is 4. The molecule has 6 nitrogen and oxygen atoms in total. The maximum atomic E-state index is 12.7. The third-order valence-corrected chi connectivity index (χ3v) is 6.03. The van der Waals surface area contributed by atoms with Crippen molar-refractivity contribution in [3.63, 3.8) is 0 Å². The van der Waals surface area contributed by atoms with Gasteiger partial charge in [-0.25, -0.2) is 0 Å². The smallest absolute Gasteiger partial charge is 0.256 e. The van der Waals surface area contributed by atoms with E-state index in [9.17, 15) is 9.59 Å². The second-order valence-electron chi connectivity index (χ2n) is 8.32. The highest BCUT2D eigenvalue weighted by Crippen LogP contribution is 2.28. The summed E-state index contributed by atoms with van der Waals surface area (Å²) in [6.45, 7) is 7.36. The first-order valence-electron chi connectivity index (χ1n) is 9.59. The van der Waals surface area contributed by atoms with Gasteiger partial charge in [0.05, 0.1) is 25.2 Å². The molecule has 2 N–H and O–H groups in total. The summed E-state index contributed by atoms with van der Waals surface area (Å²) in [7, 11) is 0. The number of carbonyl (C=O) groups excluding carboxylic acids is 2. The summed E-state index contributed by atoms with van der Waals surface area (Å²) in [6.07, 6.45) is 0.400. The van der Waals surface area contributed by atoms with Gasteiger partial charge in [-0.3, -0.25) is 14.7 Å². The summed E-state index contributed by atoms with van der Waals surface area (Å²) in [5.41, 5.74) is 3.55. The zero-order valence-electron chi connectivity index (χ0n) is 16.8. The molecule has 0 radical (unpaired) electrons. The number of aromatic amines is 1. The molecule has 0 bridgehead atoms. The molecule has 3 heterocycles. The number of nitrogens with one attached hydrogen (secondary N) is 2. The van der Waals surface area contributed by atoms with Crippen LogP contribution in [-0.4, -0.2) is 26.9 Å². The Morgan fingerprint density at radius 1 is 1.17 bits per heavy atom. The van der Waals surface area contributed by atoms with Gasteiger partial charge in [0.25, 0.3) is 5.91 Å². The van der Waals surface area contributed by atoms with Gasteiger partial charge >= 0.3 is 0 Å². The van der Waals surface area contributed by atoms with E-state index >= 15 is 0 Å². The molecule has 0 atom stereocenters. The van der Waals surface area contributed by atoms with E-state index in [0.717, 1.165) is 16.1 Å². The molecule has 0 saturated heterocycles. The number of thiophene rings is 1. The summed E-state index contributed by atoms with van der Waals surface area (Å²) in [6, 6.07) is 11.5. The number of anilines is 1. The van der Waals surface area contributed by atoms with Crippen LogP contribution in [0, 0.1) is 0 Å². The van der Waals surface area contributed by atoms with Gasteiger partial charge < -0.3 is 10.2 Å². The fourth-order valence-corrected chi connectivity index (χ4v) is 4.09. The lowest BCUT2D eigenvalue weighted by Crippen LogP contribution is -2.27. The highest BCUT2D eigenvalue weighted by atomic mass is 32.1. The lowest BCUT2D eigenvalue weighted by molar-refractivity contribution is -0.131. The van der Waals surface area contributed by atoms with Gasteiger partial charge in [0.15, 0.2) is 5.82 Å². The number of hydrogen-bond acceptors (Lipinski definition) is 4. The quantitative estimate of drug-likeness (QED) is 0.682. The number of amides is 2. The number of benzene rings is 1. The Balaban J connectivity index is 1.42. The molecule has 0 spiro atoms. The highest BCUT2D eigenvalue weighted by molar-refractivity contribution is 7.10. The molecule has 0 unspecified atom stereocenters. The molecule has 0 fully saturated rings. The predicted molar refractivity (Wildman–Crippen MR) is 114 cm³/mol. The van der Waals surface area contributed by atoms with Crippen LogP contribution in [0.4, 0.5) is 5.82 Å². The van der Waals surface area contributed by atoms with Gasteiger partial charge in [-0.15, -0.1) is 11.3 Å². The maximum absolute atomic E-state index is 12.7. The Labute approximate surface area is 173 Å². The molecule has 1 aliphatic heterocycles. The van der Waals surface area contributed by atoms with Crippen LogP contribution >= 0.6 is 11.3 Å². The number of fused-ring (bicyclic) bond motifs is 1. The minimum atomic E-state index is -0.205. The zero-order chi connectivity index (χ0) is 20.6. The lowest BCUT2D eigenvalue weighted by Gasteiger charge is -2.19. The molecule has 1 aromatic carbocycles. The average Bonchev–Trinajstić information content (AvgIpc) is 3.40. The number of nitrogens with zero attached hydrogens (tertiary/aromatic N) is 2. The van der Waals surface area contributed by atoms with Gasteiger partial charge in [0, 0.05) is 16.0 Å². The van der Waals surface area contributed by atoms with Crippen molar-refractivity contribution in [2.24, 2.45) is 0 Å². The van der Waals surface area contributed by atoms with E-state index in [4.69, 9.17) is 0 Å². The van der Waals surface area contributed by atoms with E-state index in [1.165, 1.54) is 5.56 Å². The van der Waals surface area contributed by atoms with Gasteiger partial charge in [-0.1, -0.05) is 39.0 Å². The summed E-state index contributed by atoms with van der Waals surface area (Å²) >= 11 is 1.58. The van der Waals surface area contributed by atoms with E-state index < -0.39 is 0 Å². The highest BCUT2D eigenvalue weighted by Gasteiger charge is 2.29. The first-order valence-corrected chi connectivity index (χ1v) is 10.5. The Morgan fingerprint density at radius 2 is 1.93 bits per heavy atom. The van der Waals surface area contributed by atoms with Crippen LogP contribution in [0.1, 0.15) is 52.8 Å². The van der Waals surface area contributed by atoms with Crippen LogP contribution in [-0.2, 0) is 29.7 Å². The molecule has 3 aromatic rings. The first kappa shape index (κ1) is 19.4. The van der Waals surface area contributed by atoms with Gasteiger partial charge in [-0.2, -0.15) is 5.10 Å². The maximum Gasteiger partial charge on any atom is 0.256 e. The fraction of sp³-hybridized carbons (Fsp3) is 0.318. The van der Waals surface area contributed by atoms with E-state index in [2.05, 4.69) is 36.3 Å². The van der Waals surface area contributed by atoms with Crippen molar-refractivity contribution >= 4 is 29.0 Å². The SMILES string of the molecule is CC(C)(C)c1ccc(C(=O)Nc2n[nH]c3c2CN(C(=O)Cc2cccs2)C3)cc1. The number of hydrogen-bond donors (Lipinski definition) is 2. The topological polar surface area (TPSA) is 78.1 Å². The largest absolute Gasteiger partial charge is 0.332 e. The van der Waals surface area contributed by atoms with Crippen molar-refractivity contribution in [1.82, 2.24) is 15.1 Å². The van der Waals surface area contributed by atoms with E-state index in [-0.39, 0.29) is 17.2 Å². The summed E-state index contributed by atoms with van der Waals surface area (Å²) in [5.74, 6) is 0.367. The Morgan fingerprint density at radius 3 is 2.59 bits per heavy atom. The van der Waals surface area contributed by atoms with Crippen molar-refractivity contribution in [2.45, 2.75) is 45.7 Å². The monoisotopic (exact) mass is 408 g/mol. The molecule has 0 aliphatic carbocycles. The molecule has 4 rings (SSSR count). The van der Waals surface area contributed by atoms with Crippen molar-refractivity contribution in [3.05, 3.63) is 69.0 Å². The van der Waals surface area contributed by atoms with Crippen LogP contribution in [0.2, 0.25) is 0 Å². The molecule has 150 valence electrons. The molecular formula is C22H24N4O2S. The summed E-state index contributed by atoms with van der Waals surface area (Å²) in [5, 5.41) is 12.1. The van der Waals surface area contributed by atoms with Gasteiger partial charge in [0.2, 0.25) is 5.91 Å². The number of H-pyrrole nitrogens is 1. The van der Waals surface area contributed by atoms with Crippen LogP contribution in [0.25, 0.3) is 0 Å². The molecule has 2 aromatic heterocycles. The Hall–Kier alpha value is -2.93. The number of carbonyl (C=O) groups is 2. The first-order chi connectivity index (χ1) is 13.8. The van der Waals surface area contributed by atoms with Gasteiger partial charge in [0.1, 0.15) is 0 Å². The zero-order valence-corrected chi connectivity index (χ0v) is 17.6. The summed E-state index contributed by atoms with van der Waals surface area (Å²) < 4.78 is 0. The molecule has 29 heavy (non-hydrogen) atoms. The van der Waals surface area contributed by atoms with Crippen LogP contribution in [0.15, 0.2) is 41.8 Å². The van der Waals surface area contributed by atoms with Crippen LogP contribution < -0.4 is 5.32 Å². The fourth-order valence-electron chi connectivity index (χ4n) is 3.40. The Bertz CT molecular complexity index is 1030. The summed E-state index contributed by atoms with van der Waals surface area (Å²) in [4.78, 5) is 28.1. The molecule has 1 aliphatic rings. The number of aromatic nitrogens is 2. The van der Waals surface area contributed by atoms with E-state index in [1.807, 2.05) is 41.8 Å². The van der Waals surface area contributed by atoms with E-state index in [1.54, 1.807) is 16.2 Å². The molecule has 2 amide bonds. The van der Waals surface area contributed by atoms with Crippen LogP contribution in [0.3, 0.4) is 0 Å². The van der Waals surface area contributed by atoms with E-state index in [0.29, 0.717) is 30.9 Å². The second-order valence-corrected chi connectivity index (χ2v) is 9.35. The van der Waals surface area contributed by atoms with Crippen molar-refractivity contribution < 1.29 is 9.59 Å². The molecule has 7 heteroatoms. The van der Waals surface area contributed by atoms with Crippen molar-refractivity contribution in [2.75, 3.05) is 5.32 Å². The van der Waals surface area contributed by atoms with Crippen molar-refractivity contribution in [1.29, 1.82) is 0 Å². The second kappa shape index (κ2) is 7.48. The molecular weight excluding hydrogens is 384 g/mol. The predicted octanol–water partition coefficient (Wildman–Crippen LogP) is 4.11. The normalized spacial score (nSPS) is 13.4.